The standard InChI is InChI=1S/C21H27N3O3/c1-3-4-9-19(25)23-22-14(2)15-10-12-16(13-11-15)24-20(26)17-7-5-6-8-18(17)21(24)27/h10-13,17-18H,3-9H2,1-2H3,(H,23,25)/b22-14-. The normalized spacial score (nSPS) is 22.7. The van der Waals surface area contributed by atoms with Crippen molar-refractivity contribution < 1.29 is 14.4 Å². The van der Waals surface area contributed by atoms with Crippen LogP contribution in [-0.4, -0.2) is 23.4 Å². The smallest absolute Gasteiger partial charge is 0.240 e. The number of carbonyl (C=O) groups is 3. The molecule has 2 fully saturated rings. The molecule has 1 saturated heterocycles. The molecule has 0 bridgehead atoms. The molecular formula is C21H27N3O3. The number of carbonyl (C=O) groups excluding carboxylic acids is 3. The summed E-state index contributed by atoms with van der Waals surface area (Å²) in [6.45, 7) is 3.85. The molecule has 1 N–H and O–H groups in total. The van der Waals surface area contributed by atoms with Gasteiger partial charge in [0.2, 0.25) is 17.7 Å². The number of unbranched alkanes of at least 4 members (excludes halogenated alkanes) is 1. The molecule has 2 aliphatic rings. The molecule has 1 aromatic carbocycles. The molecular weight excluding hydrogens is 342 g/mol. The number of nitrogens with zero attached hydrogens (tertiary/aromatic N) is 2. The first-order chi connectivity index (χ1) is 13.0. The first-order valence-corrected chi connectivity index (χ1v) is 9.84. The summed E-state index contributed by atoms with van der Waals surface area (Å²) in [6.07, 6.45) is 5.94. The molecule has 1 aromatic rings. The summed E-state index contributed by atoms with van der Waals surface area (Å²) >= 11 is 0. The highest BCUT2D eigenvalue weighted by Gasteiger charge is 2.48. The minimum Gasteiger partial charge on any atom is -0.274 e. The number of nitrogens with one attached hydrogen (secondary N) is 1. The predicted molar refractivity (Wildman–Crippen MR) is 104 cm³/mol. The van der Waals surface area contributed by atoms with E-state index in [-0.39, 0.29) is 29.6 Å². The molecule has 2 unspecified atom stereocenters. The van der Waals surface area contributed by atoms with Gasteiger partial charge in [0.05, 0.1) is 23.2 Å². The van der Waals surface area contributed by atoms with E-state index in [0.717, 1.165) is 44.1 Å². The third kappa shape index (κ3) is 4.10. The summed E-state index contributed by atoms with van der Waals surface area (Å²) in [4.78, 5) is 38.3. The number of anilines is 1. The summed E-state index contributed by atoms with van der Waals surface area (Å²) in [7, 11) is 0. The van der Waals surface area contributed by atoms with Crippen LogP contribution in [0.2, 0.25) is 0 Å². The molecule has 1 heterocycles. The second kappa shape index (κ2) is 8.46. The van der Waals surface area contributed by atoms with Gasteiger partial charge in [0.15, 0.2) is 0 Å². The molecule has 0 aromatic heterocycles. The molecule has 1 aliphatic carbocycles. The number of benzene rings is 1. The number of hydrogen-bond donors (Lipinski definition) is 1. The number of fused-ring (bicyclic) bond motifs is 1. The van der Waals surface area contributed by atoms with E-state index < -0.39 is 0 Å². The van der Waals surface area contributed by atoms with Crippen LogP contribution in [-0.2, 0) is 14.4 Å². The number of rotatable bonds is 6. The van der Waals surface area contributed by atoms with Crippen LogP contribution >= 0.6 is 0 Å². The highest BCUT2D eigenvalue weighted by molar-refractivity contribution is 6.22. The lowest BCUT2D eigenvalue weighted by Crippen LogP contribution is -2.30. The summed E-state index contributed by atoms with van der Waals surface area (Å²) in [5.74, 6) is -0.513. The Morgan fingerprint density at radius 3 is 2.26 bits per heavy atom. The van der Waals surface area contributed by atoms with Gasteiger partial charge in [-0.15, -0.1) is 0 Å². The van der Waals surface area contributed by atoms with Gasteiger partial charge >= 0.3 is 0 Å². The van der Waals surface area contributed by atoms with Crippen molar-refractivity contribution in [3.05, 3.63) is 29.8 Å². The average Bonchev–Trinajstić information content (AvgIpc) is 2.95. The molecule has 144 valence electrons. The van der Waals surface area contributed by atoms with E-state index in [2.05, 4.69) is 10.5 Å². The lowest BCUT2D eigenvalue weighted by Gasteiger charge is -2.19. The second-order valence-electron chi connectivity index (χ2n) is 7.39. The third-order valence-electron chi connectivity index (χ3n) is 5.49. The van der Waals surface area contributed by atoms with Crippen molar-refractivity contribution in [1.29, 1.82) is 0 Å². The lowest BCUT2D eigenvalue weighted by molar-refractivity contribution is -0.123. The van der Waals surface area contributed by atoms with Crippen molar-refractivity contribution in [3.8, 4) is 0 Å². The Bertz CT molecular complexity index is 730. The highest BCUT2D eigenvalue weighted by Crippen LogP contribution is 2.40. The van der Waals surface area contributed by atoms with Gasteiger partial charge in [-0.1, -0.05) is 38.3 Å². The summed E-state index contributed by atoms with van der Waals surface area (Å²) in [6, 6.07) is 7.21. The lowest BCUT2D eigenvalue weighted by atomic mass is 9.81. The fourth-order valence-corrected chi connectivity index (χ4v) is 3.87. The Balaban J connectivity index is 1.69. The van der Waals surface area contributed by atoms with E-state index in [4.69, 9.17) is 0 Å². The maximum Gasteiger partial charge on any atom is 0.240 e. The van der Waals surface area contributed by atoms with Crippen LogP contribution < -0.4 is 10.3 Å². The molecule has 0 radical (unpaired) electrons. The van der Waals surface area contributed by atoms with Gasteiger partial charge in [-0.2, -0.15) is 5.10 Å². The first kappa shape index (κ1) is 19.3. The fraction of sp³-hybridized carbons (Fsp3) is 0.524. The van der Waals surface area contributed by atoms with Gasteiger partial charge in [0, 0.05) is 6.42 Å². The van der Waals surface area contributed by atoms with Crippen LogP contribution in [0, 0.1) is 11.8 Å². The summed E-state index contributed by atoms with van der Waals surface area (Å²) in [5.41, 5.74) is 4.70. The monoisotopic (exact) mass is 369 g/mol. The topological polar surface area (TPSA) is 78.8 Å². The average molecular weight is 369 g/mol. The molecule has 1 saturated carbocycles. The van der Waals surface area contributed by atoms with Crippen LogP contribution in [0.25, 0.3) is 0 Å². The number of hydrazone groups is 1. The predicted octanol–water partition coefficient (Wildman–Crippen LogP) is 3.40. The van der Waals surface area contributed by atoms with E-state index in [1.54, 1.807) is 12.1 Å². The van der Waals surface area contributed by atoms with Crippen molar-refractivity contribution in [3.63, 3.8) is 0 Å². The van der Waals surface area contributed by atoms with Gasteiger partial charge in [0.25, 0.3) is 0 Å². The van der Waals surface area contributed by atoms with Crippen LogP contribution in [0.4, 0.5) is 5.69 Å². The van der Waals surface area contributed by atoms with Crippen LogP contribution in [0.1, 0.15) is 64.4 Å². The van der Waals surface area contributed by atoms with Gasteiger partial charge in [0.1, 0.15) is 0 Å². The van der Waals surface area contributed by atoms with Crippen molar-refractivity contribution in [2.24, 2.45) is 16.9 Å². The Hall–Kier alpha value is -2.50. The van der Waals surface area contributed by atoms with E-state index in [1.165, 1.54) is 4.90 Å². The van der Waals surface area contributed by atoms with E-state index in [0.29, 0.717) is 17.8 Å². The molecule has 27 heavy (non-hydrogen) atoms. The quantitative estimate of drug-likeness (QED) is 0.474. The number of hydrogen-bond acceptors (Lipinski definition) is 4. The first-order valence-electron chi connectivity index (χ1n) is 9.84. The maximum absolute atomic E-state index is 12.7. The van der Waals surface area contributed by atoms with Crippen molar-refractivity contribution >= 4 is 29.1 Å². The molecule has 2 atom stereocenters. The Morgan fingerprint density at radius 1 is 1.11 bits per heavy atom. The second-order valence-corrected chi connectivity index (χ2v) is 7.39. The largest absolute Gasteiger partial charge is 0.274 e. The van der Waals surface area contributed by atoms with Gasteiger partial charge in [-0.05, 0) is 43.9 Å². The SMILES string of the molecule is CCCCC(=O)N/N=C(/C)c1ccc(N2C(=O)C3CCCCC3C2=O)cc1. The van der Waals surface area contributed by atoms with E-state index in [1.807, 2.05) is 26.0 Å². The van der Waals surface area contributed by atoms with Crippen LogP contribution in [0.3, 0.4) is 0 Å². The Kier molecular flexibility index (Phi) is 6.04. The molecule has 0 spiro atoms. The van der Waals surface area contributed by atoms with Crippen molar-refractivity contribution in [2.45, 2.75) is 58.8 Å². The zero-order valence-electron chi connectivity index (χ0n) is 16.0. The highest BCUT2D eigenvalue weighted by atomic mass is 16.2. The molecule has 6 heteroatoms. The van der Waals surface area contributed by atoms with Crippen molar-refractivity contribution in [2.75, 3.05) is 4.90 Å². The minimum absolute atomic E-state index is 0.0639. The molecule has 6 nitrogen and oxygen atoms in total. The summed E-state index contributed by atoms with van der Waals surface area (Å²) in [5, 5.41) is 4.13. The van der Waals surface area contributed by atoms with E-state index in [9.17, 15) is 14.4 Å². The number of imide groups is 1. The molecule has 3 rings (SSSR count). The third-order valence-corrected chi connectivity index (χ3v) is 5.49. The van der Waals surface area contributed by atoms with Crippen LogP contribution in [0.15, 0.2) is 29.4 Å². The molecule has 1 aliphatic heterocycles. The van der Waals surface area contributed by atoms with E-state index >= 15 is 0 Å². The Labute approximate surface area is 160 Å². The maximum atomic E-state index is 12.7. The summed E-state index contributed by atoms with van der Waals surface area (Å²) < 4.78 is 0. The zero-order chi connectivity index (χ0) is 19.4. The number of amides is 3. The van der Waals surface area contributed by atoms with Gasteiger partial charge in [-0.3, -0.25) is 19.3 Å². The fourth-order valence-electron chi connectivity index (χ4n) is 3.87. The van der Waals surface area contributed by atoms with Crippen LogP contribution in [0.5, 0.6) is 0 Å². The molecule has 3 amide bonds. The minimum atomic E-state index is -0.146. The van der Waals surface area contributed by atoms with Gasteiger partial charge < -0.3 is 0 Å². The van der Waals surface area contributed by atoms with Gasteiger partial charge in [-0.25, -0.2) is 5.43 Å². The zero-order valence-corrected chi connectivity index (χ0v) is 16.0. The Morgan fingerprint density at radius 2 is 1.70 bits per heavy atom. The van der Waals surface area contributed by atoms with Crippen molar-refractivity contribution in [1.82, 2.24) is 5.43 Å².